The van der Waals surface area contributed by atoms with Gasteiger partial charge in [0.1, 0.15) is 0 Å². The van der Waals surface area contributed by atoms with E-state index in [0.717, 1.165) is 0 Å². The fourth-order valence-corrected chi connectivity index (χ4v) is 2.44. The van der Waals surface area contributed by atoms with Gasteiger partial charge in [-0.1, -0.05) is 24.3 Å². The lowest BCUT2D eigenvalue weighted by Crippen LogP contribution is -2.63. The Balaban J connectivity index is 2.57. The summed E-state index contributed by atoms with van der Waals surface area (Å²) in [6, 6.07) is 6.22. The third-order valence-corrected chi connectivity index (χ3v) is 3.30. The summed E-state index contributed by atoms with van der Waals surface area (Å²) in [5.74, 6) is -2.49. The molecular formula is C15H15NO5. The Labute approximate surface area is 121 Å². The van der Waals surface area contributed by atoms with Crippen LogP contribution in [0.4, 0.5) is 0 Å². The van der Waals surface area contributed by atoms with E-state index in [-0.39, 0.29) is 23.5 Å². The van der Waals surface area contributed by atoms with E-state index in [1.165, 1.54) is 19.1 Å². The van der Waals surface area contributed by atoms with Crippen molar-refractivity contribution in [2.75, 3.05) is 6.61 Å². The number of nitrogens with one attached hydrogen (secondary N) is 1. The van der Waals surface area contributed by atoms with Crippen molar-refractivity contribution in [1.29, 1.82) is 0 Å². The molecule has 21 heavy (non-hydrogen) atoms. The number of ketones is 2. The number of fused-ring (bicyclic) bond motifs is 1. The monoisotopic (exact) mass is 289 g/mol. The summed E-state index contributed by atoms with van der Waals surface area (Å²) in [6.45, 7) is 2.81. The molecule has 1 unspecified atom stereocenters. The van der Waals surface area contributed by atoms with Crippen molar-refractivity contribution >= 4 is 23.4 Å². The van der Waals surface area contributed by atoms with Crippen LogP contribution in [0.25, 0.3) is 0 Å². The standard InChI is InChI=1S/C15H15NO5/c1-3-21-14(20)15(16-9(2)17)8-12(18)10-6-4-5-7-11(10)13(15)19/h4-7H,3,8H2,1-2H3,(H,16,17). The quantitative estimate of drug-likeness (QED) is 0.659. The molecule has 6 heteroatoms. The second-order valence-electron chi connectivity index (χ2n) is 4.78. The van der Waals surface area contributed by atoms with Crippen LogP contribution >= 0.6 is 0 Å². The molecule has 1 amide bonds. The van der Waals surface area contributed by atoms with Crippen LogP contribution in [0.1, 0.15) is 41.0 Å². The normalized spacial score (nSPS) is 20.7. The molecule has 1 aromatic rings. The van der Waals surface area contributed by atoms with Gasteiger partial charge in [-0.3, -0.25) is 14.4 Å². The third kappa shape index (κ3) is 2.44. The molecular weight excluding hydrogens is 274 g/mol. The second-order valence-corrected chi connectivity index (χ2v) is 4.78. The van der Waals surface area contributed by atoms with Gasteiger partial charge in [0.05, 0.1) is 13.0 Å². The molecule has 1 aliphatic rings. The van der Waals surface area contributed by atoms with Gasteiger partial charge in [-0.05, 0) is 6.92 Å². The maximum Gasteiger partial charge on any atom is 0.340 e. The molecule has 1 atom stereocenters. The highest BCUT2D eigenvalue weighted by Crippen LogP contribution is 2.30. The minimum absolute atomic E-state index is 0.0449. The van der Waals surface area contributed by atoms with Gasteiger partial charge in [0, 0.05) is 18.1 Å². The first-order valence-electron chi connectivity index (χ1n) is 6.55. The highest BCUT2D eigenvalue weighted by Gasteiger charge is 2.53. The molecule has 0 fully saturated rings. The van der Waals surface area contributed by atoms with E-state index in [9.17, 15) is 19.2 Å². The minimum Gasteiger partial charge on any atom is -0.464 e. The van der Waals surface area contributed by atoms with E-state index in [1.54, 1.807) is 19.1 Å². The lowest BCUT2D eigenvalue weighted by Gasteiger charge is -2.33. The van der Waals surface area contributed by atoms with Crippen molar-refractivity contribution < 1.29 is 23.9 Å². The number of rotatable bonds is 3. The molecule has 6 nitrogen and oxygen atoms in total. The van der Waals surface area contributed by atoms with Crippen molar-refractivity contribution in [2.24, 2.45) is 0 Å². The van der Waals surface area contributed by atoms with Crippen LogP contribution in [0, 0.1) is 0 Å². The van der Waals surface area contributed by atoms with E-state index < -0.39 is 29.6 Å². The molecule has 0 heterocycles. The fraction of sp³-hybridized carbons (Fsp3) is 0.333. The molecule has 2 rings (SSSR count). The number of amides is 1. The average molecular weight is 289 g/mol. The Morgan fingerprint density at radius 2 is 1.86 bits per heavy atom. The molecule has 1 aliphatic carbocycles. The highest BCUT2D eigenvalue weighted by atomic mass is 16.5. The minimum atomic E-state index is -1.96. The molecule has 0 aliphatic heterocycles. The van der Waals surface area contributed by atoms with Crippen LogP contribution in [0.15, 0.2) is 24.3 Å². The summed E-state index contributed by atoms with van der Waals surface area (Å²) in [7, 11) is 0. The molecule has 0 saturated heterocycles. The van der Waals surface area contributed by atoms with Crippen LogP contribution in [-0.4, -0.2) is 35.6 Å². The Morgan fingerprint density at radius 3 is 2.43 bits per heavy atom. The van der Waals surface area contributed by atoms with Crippen LogP contribution in [0.3, 0.4) is 0 Å². The maximum atomic E-state index is 12.7. The maximum absolute atomic E-state index is 12.7. The highest BCUT2D eigenvalue weighted by molar-refractivity contribution is 6.27. The number of esters is 1. The predicted molar refractivity (Wildman–Crippen MR) is 72.9 cm³/mol. The Hall–Kier alpha value is -2.50. The summed E-state index contributed by atoms with van der Waals surface area (Å²) in [4.78, 5) is 48.5. The topological polar surface area (TPSA) is 89.5 Å². The zero-order valence-electron chi connectivity index (χ0n) is 11.8. The van der Waals surface area contributed by atoms with Crippen molar-refractivity contribution in [3.63, 3.8) is 0 Å². The van der Waals surface area contributed by atoms with Crippen molar-refractivity contribution in [3.8, 4) is 0 Å². The molecule has 1 aromatic carbocycles. The first-order valence-corrected chi connectivity index (χ1v) is 6.55. The summed E-state index contributed by atoms with van der Waals surface area (Å²) in [5, 5.41) is 2.32. The van der Waals surface area contributed by atoms with E-state index >= 15 is 0 Å². The number of Topliss-reactive ketones (excluding diaryl/α,β-unsaturated/α-hetero) is 2. The SMILES string of the molecule is CCOC(=O)C1(NC(C)=O)CC(=O)c2ccccc2C1=O. The summed E-state index contributed by atoms with van der Waals surface area (Å²) >= 11 is 0. The zero-order valence-corrected chi connectivity index (χ0v) is 11.8. The lowest BCUT2D eigenvalue weighted by atomic mass is 9.76. The molecule has 1 N–H and O–H groups in total. The van der Waals surface area contributed by atoms with Crippen LogP contribution in [-0.2, 0) is 14.3 Å². The predicted octanol–water partition coefficient (Wildman–Crippen LogP) is 0.894. The van der Waals surface area contributed by atoms with Crippen molar-refractivity contribution in [2.45, 2.75) is 25.8 Å². The molecule has 110 valence electrons. The smallest absolute Gasteiger partial charge is 0.340 e. The molecule has 0 bridgehead atoms. The van der Waals surface area contributed by atoms with Gasteiger partial charge in [-0.15, -0.1) is 0 Å². The van der Waals surface area contributed by atoms with Crippen molar-refractivity contribution in [1.82, 2.24) is 5.32 Å². The van der Waals surface area contributed by atoms with Crippen molar-refractivity contribution in [3.05, 3.63) is 35.4 Å². The van der Waals surface area contributed by atoms with Crippen LogP contribution in [0.5, 0.6) is 0 Å². The molecule has 0 saturated carbocycles. The zero-order chi connectivity index (χ0) is 15.6. The first-order chi connectivity index (χ1) is 9.92. The van der Waals surface area contributed by atoms with Gasteiger partial charge in [0.25, 0.3) is 0 Å². The Bertz CT molecular complexity index is 637. The lowest BCUT2D eigenvalue weighted by molar-refractivity contribution is -0.150. The van der Waals surface area contributed by atoms with Gasteiger partial charge in [-0.25, -0.2) is 4.79 Å². The summed E-state index contributed by atoms with van der Waals surface area (Å²) in [6.07, 6.45) is -0.429. The number of carbonyl (C=O) groups excluding carboxylic acids is 4. The number of ether oxygens (including phenoxy) is 1. The van der Waals surface area contributed by atoms with Gasteiger partial charge >= 0.3 is 5.97 Å². The number of hydrogen-bond donors (Lipinski definition) is 1. The second kappa shape index (κ2) is 5.47. The first kappa shape index (κ1) is 14.9. The van der Waals surface area contributed by atoms with Gasteiger partial charge in [-0.2, -0.15) is 0 Å². The Morgan fingerprint density at radius 1 is 1.24 bits per heavy atom. The van der Waals surface area contributed by atoms with E-state index in [2.05, 4.69) is 5.32 Å². The van der Waals surface area contributed by atoms with Gasteiger partial charge < -0.3 is 10.1 Å². The molecule has 0 spiro atoms. The number of hydrogen-bond acceptors (Lipinski definition) is 5. The van der Waals surface area contributed by atoms with E-state index in [1.807, 2.05) is 0 Å². The number of benzene rings is 1. The average Bonchev–Trinajstić information content (AvgIpc) is 2.44. The van der Waals surface area contributed by atoms with Crippen LogP contribution in [0.2, 0.25) is 0 Å². The van der Waals surface area contributed by atoms with E-state index in [4.69, 9.17) is 4.74 Å². The molecule has 0 aromatic heterocycles. The van der Waals surface area contributed by atoms with E-state index in [0.29, 0.717) is 0 Å². The van der Waals surface area contributed by atoms with Gasteiger partial charge in [0.15, 0.2) is 5.78 Å². The Kier molecular flexibility index (Phi) is 3.88. The third-order valence-electron chi connectivity index (χ3n) is 3.30. The summed E-state index contributed by atoms with van der Waals surface area (Å²) in [5.41, 5.74) is -1.59. The summed E-state index contributed by atoms with van der Waals surface area (Å²) < 4.78 is 4.89. The molecule has 0 radical (unpaired) electrons. The van der Waals surface area contributed by atoms with Crippen LogP contribution < -0.4 is 5.32 Å². The number of carbonyl (C=O) groups is 4. The fourth-order valence-electron chi connectivity index (χ4n) is 2.44. The largest absolute Gasteiger partial charge is 0.464 e. The van der Waals surface area contributed by atoms with Gasteiger partial charge in [0.2, 0.25) is 17.2 Å².